The Morgan fingerprint density at radius 2 is 1.69 bits per heavy atom. The molecule has 3 aromatic carbocycles. The highest BCUT2D eigenvalue weighted by Gasteiger charge is 2.37. The second-order valence-corrected chi connectivity index (χ2v) is 9.20. The van der Waals surface area contributed by atoms with Crippen LogP contribution in [0.15, 0.2) is 48.5 Å². The van der Waals surface area contributed by atoms with E-state index >= 15 is 0 Å². The van der Waals surface area contributed by atoms with E-state index in [0.717, 1.165) is 12.1 Å². The highest BCUT2D eigenvalue weighted by molar-refractivity contribution is 6.31. The van der Waals surface area contributed by atoms with Gasteiger partial charge in [-0.3, -0.25) is 9.59 Å². The number of hydrogen-bond donors (Lipinski definition) is 3. The Labute approximate surface area is 206 Å². The number of aliphatic hydroxyl groups is 1. The predicted octanol–water partition coefficient (Wildman–Crippen LogP) is 5.95. The summed E-state index contributed by atoms with van der Waals surface area (Å²) in [6.45, 7) is 2.85. The van der Waals surface area contributed by atoms with Gasteiger partial charge in [0.1, 0.15) is 11.6 Å². The molecule has 1 atom stereocenters. The predicted molar refractivity (Wildman–Crippen MR) is 122 cm³/mol. The van der Waals surface area contributed by atoms with Crippen LogP contribution in [-0.4, -0.2) is 16.9 Å². The van der Waals surface area contributed by atoms with Crippen molar-refractivity contribution in [2.24, 2.45) is 0 Å². The van der Waals surface area contributed by atoms with E-state index in [-0.39, 0.29) is 39.0 Å². The first-order chi connectivity index (χ1) is 16.6. The third-order valence-electron chi connectivity index (χ3n) is 5.70. The van der Waals surface area contributed by atoms with Crippen molar-refractivity contribution in [2.75, 3.05) is 5.32 Å². The third-order valence-corrected chi connectivity index (χ3v) is 6.04. The van der Waals surface area contributed by atoms with Crippen molar-refractivity contribution >= 4 is 29.1 Å². The Kier molecular flexibility index (Phi) is 6.30. The van der Waals surface area contributed by atoms with Crippen LogP contribution < -0.4 is 10.6 Å². The summed E-state index contributed by atoms with van der Waals surface area (Å²) in [6, 6.07) is 6.57. The van der Waals surface area contributed by atoms with Gasteiger partial charge in [0.2, 0.25) is 0 Å². The largest absolute Gasteiger partial charge is 0.416 e. The van der Waals surface area contributed by atoms with Crippen molar-refractivity contribution in [2.45, 2.75) is 31.7 Å². The lowest BCUT2D eigenvalue weighted by atomic mass is 9.90. The third kappa shape index (κ3) is 4.91. The van der Waals surface area contributed by atoms with Gasteiger partial charge in [-0.05, 0) is 67.9 Å². The minimum atomic E-state index is -4.89. The Morgan fingerprint density at radius 1 is 1.00 bits per heavy atom. The Morgan fingerprint density at radius 3 is 2.33 bits per heavy atom. The lowest BCUT2D eigenvalue weighted by Crippen LogP contribution is -2.21. The summed E-state index contributed by atoms with van der Waals surface area (Å²) in [4.78, 5) is 25.8. The molecule has 1 heterocycles. The first-order valence-electron chi connectivity index (χ1n) is 10.5. The van der Waals surface area contributed by atoms with Gasteiger partial charge in [-0.1, -0.05) is 11.6 Å². The molecule has 0 unspecified atom stereocenters. The number of rotatable bonds is 4. The first-order valence-corrected chi connectivity index (χ1v) is 10.9. The number of hydrogen-bond acceptors (Lipinski definition) is 3. The molecule has 3 aromatic rings. The van der Waals surface area contributed by atoms with E-state index in [0.29, 0.717) is 12.1 Å². The molecular formula is C25H18ClF5N2O3. The lowest BCUT2D eigenvalue weighted by molar-refractivity contribution is -0.137. The Balaban J connectivity index is 1.86. The number of benzene rings is 3. The van der Waals surface area contributed by atoms with Crippen molar-refractivity contribution in [3.8, 4) is 0 Å². The molecule has 0 fully saturated rings. The van der Waals surface area contributed by atoms with Gasteiger partial charge in [-0.2, -0.15) is 13.2 Å². The molecule has 4 rings (SSSR count). The van der Waals surface area contributed by atoms with Crippen LogP contribution in [0.25, 0.3) is 0 Å². The number of amides is 2. The van der Waals surface area contributed by atoms with Gasteiger partial charge in [0.05, 0.1) is 17.2 Å². The van der Waals surface area contributed by atoms with Crippen LogP contribution >= 0.6 is 11.6 Å². The van der Waals surface area contributed by atoms with Gasteiger partial charge in [0, 0.05) is 33.0 Å². The van der Waals surface area contributed by atoms with Gasteiger partial charge in [-0.25, -0.2) is 8.78 Å². The molecule has 36 heavy (non-hydrogen) atoms. The molecule has 0 bridgehead atoms. The highest BCUT2D eigenvalue weighted by Crippen LogP contribution is 2.41. The molecule has 0 aromatic heterocycles. The molecule has 0 radical (unpaired) electrons. The topological polar surface area (TPSA) is 78.4 Å². The maximum atomic E-state index is 14.0. The quantitative estimate of drug-likeness (QED) is 0.369. The number of carbonyl (C=O) groups excluding carboxylic acids is 2. The van der Waals surface area contributed by atoms with E-state index in [4.69, 9.17) is 11.6 Å². The van der Waals surface area contributed by atoms with Crippen molar-refractivity contribution < 1.29 is 36.6 Å². The molecule has 0 spiro atoms. The van der Waals surface area contributed by atoms with Gasteiger partial charge in [0.15, 0.2) is 0 Å². The maximum Gasteiger partial charge on any atom is 0.416 e. The standard InChI is InChI=1S/C25H18ClF5N2O3/c1-24(2,36)12-8-17-20(21(33-23(17)35)16-10-14(27)3-4-18(16)26)19(9-12)32-22(34)11-5-13(25(29,30)31)7-15(28)6-11/h3-10,21,36H,1-2H3,(H,32,34)(H,33,35)/t21-/m1/s1. The lowest BCUT2D eigenvalue weighted by Gasteiger charge is -2.23. The SMILES string of the molecule is CC(C)(O)c1cc(NC(=O)c2cc(F)cc(C(F)(F)F)c2)c2c(c1)C(=O)N[C@@H]2c1cc(F)ccc1Cl. The summed E-state index contributed by atoms with van der Waals surface area (Å²) >= 11 is 6.23. The fourth-order valence-corrected chi connectivity index (χ4v) is 4.16. The van der Waals surface area contributed by atoms with Crippen LogP contribution in [0.2, 0.25) is 5.02 Å². The number of halogens is 6. The summed E-state index contributed by atoms with van der Waals surface area (Å²) < 4.78 is 67.3. The molecule has 5 nitrogen and oxygen atoms in total. The van der Waals surface area contributed by atoms with Crippen LogP contribution in [0.1, 0.15) is 62.9 Å². The van der Waals surface area contributed by atoms with E-state index in [1.54, 1.807) is 0 Å². The minimum Gasteiger partial charge on any atom is -0.386 e. The van der Waals surface area contributed by atoms with Crippen LogP contribution in [0.5, 0.6) is 0 Å². The van der Waals surface area contributed by atoms with Crippen molar-refractivity contribution in [3.05, 3.63) is 98.6 Å². The normalized spacial score (nSPS) is 15.5. The molecule has 3 N–H and O–H groups in total. The second kappa shape index (κ2) is 8.86. The maximum absolute atomic E-state index is 14.0. The van der Waals surface area contributed by atoms with E-state index < -0.39 is 52.4 Å². The molecule has 188 valence electrons. The van der Waals surface area contributed by atoms with E-state index in [1.165, 1.54) is 32.0 Å². The zero-order chi connectivity index (χ0) is 26.6. The second-order valence-electron chi connectivity index (χ2n) is 8.80. The summed E-state index contributed by atoms with van der Waals surface area (Å²) in [5.74, 6) is -3.62. The van der Waals surface area contributed by atoms with Crippen LogP contribution in [0.4, 0.5) is 27.6 Å². The molecule has 0 saturated heterocycles. The van der Waals surface area contributed by atoms with E-state index in [1.807, 2.05) is 0 Å². The molecule has 11 heteroatoms. The van der Waals surface area contributed by atoms with Gasteiger partial charge in [-0.15, -0.1) is 0 Å². The van der Waals surface area contributed by atoms with Crippen LogP contribution in [0, 0.1) is 11.6 Å². The zero-order valence-electron chi connectivity index (χ0n) is 18.7. The van der Waals surface area contributed by atoms with E-state index in [2.05, 4.69) is 10.6 Å². The average Bonchev–Trinajstić information content (AvgIpc) is 3.10. The van der Waals surface area contributed by atoms with Gasteiger partial charge in [0.25, 0.3) is 11.8 Å². The van der Waals surface area contributed by atoms with Crippen molar-refractivity contribution in [1.82, 2.24) is 5.32 Å². The number of nitrogens with one attached hydrogen (secondary N) is 2. The zero-order valence-corrected chi connectivity index (χ0v) is 19.5. The monoisotopic (exact) mass is 524 g/mol. The van der Waals surface area contributed by atoms with E-state index in [9.17, 15) is 36.6 Å². The number of anilines is 1. The molecule has 0 saturated carbocycles. The Hall–Kier alpha value is -3.50. The molecular weight excluding hydrogens is 507 g/mol. The Bertz CT molecular complexity index is 1400. The minimum absolute atomic E-state index is 0.0328. The van der Waals surface area contributed by atoms with Gasteiger partial charge >= 0.3 is 6.18 Å². The van der Waals surface area contributed by atoms with Crippen LogP contribution in [-0.2, 0) is 11.8 Å². The summed E-state index contributed by atoms with van der Waals surface area (Å²) in [5, 5.41) is 15.7. The molecule has 0 aliphatic carbocycles. The van der Waals surface area contributed by atoms with Crippen molar-refractivity contribution in [1.29, 1.82) is 0 Å². The molecule has 1 aliphatic rings. The molecule has 1 aliphatic heterocycles. The first kappa shape index (κ1) is 25.6. The van der Waals surface area contributed by atoms with Crippen LogP contribution in [0.3, 0.4) is 0 Å². The number of alkyl halides is 3. The fraction of sp³-hybridized carbons (Fsp3) is 0.200. The van der Waals surface area contributed by atoms with Gasteiger partial charge < -0.3 is 15.7 Å². The number of carbonyl (C=O) groups is 2. The highest BCUT2D eigenvalue weighted by atomic mass is 35.5. The summed E-state index contributed by atoms with van der Waals surface area (Å²) in [7, 11) is 0. The molecule has 2 amide bonds. The number of fused-ring (bicyclic) bond motifs is 1. The smallest absolute Gasteiger partial charge is 0.386 e. The average molecular weight is 525 g/mol. The summed E-state index contributed by atoms with van der Waals surface area (Å²) in [6.07, 6.45) is -4.89. The fourth-order valence-electron chi connectivity index (χ4n) is 3.94. The summed E-state index contributed by atoms with van der Waals surface area (Å²) in [5.41, 5.74) is -2.96. The van der Waals surface area contributed by atoms with Crippen molar-refractivity contribution in [3.63, 3.8) is 0 Å².